The molecule has 0 aliphatic carbocycles. The molecule has 1 saturated heterocycles. The number of benzene rings is 1. The maximum atomic E-state index is 12.0. The third-order valence-electron chi connectivity index (χ3n) is 3.00. The van der Waals surface area contributed by atoms with Crippen molar-refractivity contribution in [3.63, 3.8) is 0 Å². The smallest absolute Gasteiger partial charge is 0.247 e. The van der Waals surface area contributed by atoms with Crippen LogP contribution in [0.15, 0.2) is 18.2 Å². The molecule has 0 bridgehead atoms. The number of hydrogen-bond acceptors (Lipinski definition) is 2. The second kappa shape index (κ2) is 5.16. The molecule has 1 unspecified atom stereocenters. The molecule has 1 aliphatic rings. The molecule has 0 radical (unpaired) electrons. The minimum atomic E-state index is -0.437. The monoisotopic (exact) mass is 286 g/mol. The summed E-state index contributed by atoms with van der Waals surface area (Å²) in [7, 11) is 1.62. The number of amides is 2. The van der Waals surface area contributed by atoms with E-state index in [-0.39, 0.29) is 11.8 Å². The van der Waals surface area contributed by atoms with E-state index in [0.29, 0.717) is 28.6 Å². The van der Waals surface area contributed by atoms with Crippen molar-refractivity contribution in [1.82, 2.24) is 4.90 Å². The van der Waals surface area contributed by atoms with Crippen LogP contribution in [0.3, 0.4) is 0 Å². The minimum Gasteiger partial charge on any atom is -0.334 e. The van der Waals surface area contributed by atoms with Gasteiger partial charge >= 0.3 is 0 Å². The van der Waals surface area contributed by atoms with Crippen molar-refractivity contribution in [1.29, 1.82) is 0 Å². The molecule has 1 N–H and O–H groups in total. The topological polar surface area (TPSA) is 49.4 Å². The van der Waals surface area contributed by atoms with Crippen molar-refractivity contribution in [2.24, 2.45) is 0 Å². The van der Waals surface area contributed by atoms with E-state index in [1.165, 1.54) is 4.90 Å². The maximum Gasteiger partial charge on any atom is 0.247 e. The molecular weight excluding hydrogens is 275 g/mol. The minimum absolute atomic E-state index is 0.0210. The second-order valence-corrected chi connectivity index (χ2v) is 4.93. The Hall–Kier alpha value is -1.26. The van der Waals surface area contributed by atoms with Crippen molar-refractivity contribution in [3.05, 3.63) is 28.2 Å². The summed E-state index contributed by atoms with van der Waals surface area (Å²) in [5, 5.41) is 3.38. The van der Waals surface area contributed by atoms with Crippen molar-refractivity contribution < 1.29 is 9.59 Å². The van der Waals surface area contributed by atoms with Crippen molar-refractivity contribution in [3.8, 4) is 0 Å². The van der Waals surface area contributed by atoms with Crippen molar-refractivity contribution >= 4 is 40.7 Å². The van der Waals surface area contributed by atoms with E-state index in [0.717, 1.165) is 0 Å². The zero-order chi connectivity index (χ0) is 13.3. The van der Waals surface area contributed by atoms with Gasteiger partial charge in [0, 0.05) is 13.5 Å². The Balaban J connectivity index is 2.12. The number of carbonyl (C=O) groups excluding carboxylic acids is 2. The number of halogens is 2. The summed E-state index contributed by atoms with van der Waals surface area (Å²) in [6.45, 7) is 0. The molecule has 1 aromatic carbocycles. The highest BCUT2D eigenvalue weighted by Crippen LogP contribution is 2.30. The number of carbonyl (C=O) groups is 2. The number of likely N-dealkylation sites (N-methyl/N-ethyl adjacent to an activating group) is 1. The van der Waals surface area contributed by atoms with Gasteiger partial charge in [-0.25, -0.2) is 0 Å². The van der Waals surface area contributed by atoms with Gasteiger partial charge in [-0.2, -0.15) is 0 Å². The second-order valence-electron chi connectivity index (χ2n) is 4.15. The maximum absolute atomic E-state index is 12.0. The summed E-state index contributed by atoms with van der Waals surface area (Å²) in [5.74, 6) is -0.264. The van der Waals surface area contributed by atoms with Gasteiger partial charge in [0.2, 0.25) is 11.8 Å². The molecule has 96 valence electrons. The first-order valence-electron chi connectivity index (χ1n) is 5.51. The number of nitrogens with one attached hydrogen (secondary N) is 1. The first-order chi connectivity index (χ1) is 8.50. The van der Waals surface area contributed by atoms with Crippen LogP contribution in [0.5, 0.6) is 0 Å². The van der Waals surface area contributed by atoms with Gasteiger partial charge in [-0.1, -0.05) is 29.3 Å². The normalized spacial score (nSPS) is 19.2. The summed E-state index contributed by atoms with van der Waals surface area (Å²) in [6, 6.07) is 4.58. The van der Waals surface area contributed by atoms with E-state index in [1.54, 1.807) is 25.2 Å². The van der Waals surface area contributed by atoms with Gasteiger partial charge in [-0.3, -0.25) is 9.59 Å². The highest BCUT2D eigenvalue weighted by molar-refractivity contribution is 6.44. The fraction of sp³-hybridized carbons (Fsp3) is 0.333. The Labute approximate surface area is 115 Å². The molecule has 1 fully saturated rings. The Morgan fingerprint density at radius 3 is 2.78 bits per heavy atom. The zero-order valence-electron chi connectivity index (χ0n) is 9.74. The molecule has 18 heavy (non-hydrogen) atoms. The van der Waals surface area contributed by atoms with Crippen LogP contribution in [-0.4, -0.2) is 29.8 Å². The van der Waals surface area contributed by atoms with Gasteiger partial charge in [0.05, 0.1) is 15.7 Å². The third kappa shape index (κ3) is 2.44. The number of likely N-dealkylation sites (tertiary alicyclic amines) is 1. The lowest BCUT2D eigenvalue weighted by atomic mass is 10.2. The van der Waals surface area contributed by atoms with Gasteiger partial charge in [-0.05, 0) is 18.6 Å². The quantitative estimate of drug-likeness (QED) is 0.908. The van der Waals surface area contributed by atoms with Crippen LogP contribution in [0, 0.1) is 0 Å². The van der Waals surface area contributed by atoms with Gasteiger partial charge in [0.15, 0.2) is 0 Å². The Bertz CT molecular complexity index is 505. The molecule has 0 spiro atoms. The number of rotatable bonds is 2. The fourth-order valence-corrected chi connectivity index (χ4v) is 2.28. The summed E-state index contributed by atoms with van der Waals surface area (Å²) in [4.78, 5) is 24.8. The zero-order valence-corrected chi connectivity index (χ0v) is 11.3. The predicted molar refractivity (Wildman–Crippen MR) is 70.9 cm³/mol. The highest BCUT2D eigenvalue weighted by Gasteiger charge is 2.33. The standard InChI is InChI=1S/C12H12Cl2N2O2/c1-16-9(5-6-10(16)17)12(18)15-8-4-2-3-7(13)11(8)14/h2-4,9H,5-6H2,1H3,(H,15,18). The molecule has 1 aliphatic heterocycles. The molecule has 0 aromatic heterocycles. The summed E-state index contributed by atoms with van der Waals surface area (Å²) < 4.78 is 0. The van der Waals surface area contributed by atoms with E-state index in [1.807, 2.05) is 0 Å². The average molecular weight is 287 g/mol. The Kier molecular flexibility index (Phi) is 3.78. The van der Waals surface area contributed by atoms with Crippen LogP contribution in [0.1, 0.15) is 12.8 Å². The summed E-state index contributed by atoms with van der Waals surface area (Å²) >= 11 is 11.8. The van der Waals surface area contributed by atoms with Gasteiger partial charge in [0.1, 0.15) is 6.04 Å². The molecule has 1 heterocycles. The van der Waals surface area contributed by atoms with E-state index < -0.39 is 6.04 Å². The van der Waals surface area contributed by atoms with E-state index in [9.17, 15) is 9.59 Å². The van der Waals surface area contributed by atoms with E-state index in [4.69, 9.17) is 23.2 Å². The molecular formula is C12H12Cl2N2O2. The SMILES string of the molecule is CN1C(=O)CCC1C(=O)Nc1cccc(Cl)c1Cl. The fourth-order valence-electron chi connectivity index (χ4n) is 1.93. The lowest BCUT2D eigenvalue weighted by molar-refractivity contribution is -0.131. The Morgan fingerprint density at radius 2 is 2.17 bits per heavy atom. The highest BCUT2D eigenvalue weighted by atomic mass is 35.5. The van der Waals surface area contributed by atoms with Crippen LogP contribution in [0.2, 0.25) is 10.0 Å². The molecule has 0 saturated carbocycles. The molecule has 1 aromatic rings. The molecule has 4 nitrogen and oxygen atoms in total. The largest absolute Gasteiger partial charge is 0.334 e. The third-order valence-corrected chi connectivity index (χ3v) is 3.82. The molecule has 2 rings (SSSR count). The van der Waals surface area contributed by atoms with E-state index in [2.05, 4.69) is 5.32 Å². The van der Waals surface area contributed by atoms with Gasteiger partial charge < -0.3 is 10.2 Å². The van der Waals surface area contributed by atoms with Crippen molar-refractivity contribution in [2.75, 3.05) is 12.4 Å². The van der Waals surface area contributed by atoms with E-state index >= 15 is 0 Å². The van der Waals surface area contributed by atoms with Crippen LogP contribution < -0.4 is 5.32 Å². The first-order valence-corrected chi connectivity index (χ1v) is 6.27. The lowest BCUT2D eigenvalue weighted by Gasteiger charge is -2.19. The van der Waals surface area contributed by atoms with Gasteiger partial charge in [-0.15, -0.1) is 0 Å². The average Bonchev–Trinajstić information content (AvgIpc) is 2.66. The summed E-state index contributed by atoms with van der Waals surface area (Å²) in [6.07, 6.45) is 0.928. The van der Waals surface area contributed by atoms with Gasteiger partial charge in [0.25, 0.3) is 0 Å². The molecule has 1 atom stereocenters. The predicted octanol–water partition coefficient (Wildman–Crippen LogP) is 2.55. The lowest BCUT2D eigenvalue weighted by Crippen LogP contribution is -2.38. The van der Waals surface area contributed by atoms with Crippen molar-refractivity contribution in [2.45, 2.75) is 18.9 Å². The summed E-state index contributed by atoms with van der Waals surface area (Å²) in [5.41, 5.74) is 0.460. The number of nitrogens with zero attached hydrogens (tertiary/aromatic N) is 1. The van der Waals surface area contributed by atoms with Crippen LogP contribution in [0.4, 0.5) is 5.69 Å². The van der Waals surface area contributed by atoms with Crippen LogP contribution >= 0.6 is 23.2 Å². The van der Waals surface area contributed by atoms with Crippen LogP contribution in [-0.2, 0) is 9.59 Å². The first kappa shape index (κ1) is 13.2. The molecule has 2 amide bonds. The van der Waals surface area contributed by atoms with Crippen LogP contribution in [0.25, 0.3) is 0 Å². The molecule has 6 heteroatoms. The number of hydrogen-bond donors (Lipinski definition) is 1. The number of anilines is 1. The Morgan fingerprint density at radius 1 is 1.44 bits per heavy atom.